The first-order valence-electron chi connectivity index (χ1n) is 4.10. The summed E-state index contributed by atoms with van der Waals surface area (Å²) in [7, 11) is 2.02. The fraction of sp³-hybridized carbons (Fsp3) is 0.889. The number of aliphatic imine (C=N–C) groups is 1. The van der Waals surface area contributed by atoms with E-state index < -0.39 is 0 Å². The van der Waals surface area contributed by atoms with Gasteiger partial charge in [0, 0.05) is 13.6 Å². The molecule has 0 radical (unpaired) electrons. The fourth-order valence-electron chi connectivity index (χ4n) is 0.470. The van der Waals surface area contributed by atoms with E-state index in [0.717, 1.165) is 13.1 Å². The van der Waals surface area contributed by atoms with Crippen molar-refractivity contribution < 1.29 is 0 Å². The summed E-state index contributed by atoms with van der Waals surface area (Å²) in [5.74, 6) is 0. The van der Waals surface area contributed by atoms with Crippen LogP contribution in [-0.4, -0.2) is 31.4 Å². The first-order valence-corrected chi connectivity index (χ1v) is 4.10. The lowest BCUT2D eigenvalue weighted by Gasteiger charge is -2.05. The van der Waals surface area contributed by atoms with Crippen molar-refractivity contribution >= 4 is 6.34 Å². The van der Waals surface area contributed by atoms with Gasteiger partial charge in [-0.25, -0.2) is 0 Å². The highest BCUT2D eigenvalue weighted by Gasteiger charge is 1.95. The van der Waals surface area contributed by atoms with Gasteiger partial charge in [0.1, 0.15) is 0 Å². The molecule has 0 aromatic carbocycles. The number of hydrogen-bond acceptors (Lipinski definition) is 2. The van der Waals surface area contributed by atoms with Gasteiger partial charge in [-0.3, -0.25) is 4.99 Å². The average Bonchev–Trinajstić information content (AvgIpc) is 2.12. The molecular weight excluding hydrogens is 136 g/mol. The molecule has 0 N–H and O–H groups in total. The molecule has 1 aliphatic heterocycles. The molecule has 0 spiro atoms. The van der Waals surface area contributed by atoms with Crippen LogP contribution in [0, 0.1) is 5.41 Å². The van der Waals surface area contributed by atoms with E-state index in [1.807, 2.05) is 13.4 Å². The van der Waals surface area contributed by atoms with Crippen molar-refractivity contribution in [2.75, 3.05) is 20.1 Å². The molecule has 0 bridgehead atoms. The lowest BCUT2D eigenvalue weighted by molar-refractivity contribution is 0.469. The summed E-state index contributed by atoms with van der Waals surface area (Å²) in [5, 5.41) is 0. The van der Waals surface area contributed by atoms with Gasteiger partial charge in [0.2, 0.25) is 0 Å². The predicted molar refractivity (Wildman–Crippen MR) is 51.1 cm³/mol. The van der Waals surface area contributed by atoms with Gasteiger partial charge in [0.05, 0.1) is 12.9 Å². The van der Waals surface area contributed by atoms with E-state index >= 15 is 0 Å². The topological polar surface area (TPSA) is 15.6 Å². The molecule has 0 saturated heterocycles. The Morgan fingerprint density at radius 3 is 1.82 bits per heavy atom. The lowest BCUT2D eigenvalue weighted by atomic mass is 10.0. The molecule has 1 heterocycles. The molecule has 1 rings (SSSR count). The lowest BCUT2D eigenvalue weighted by Crippen LogP contribution is -2.11. The molecule has 11 heavy (non-hydrogen) atoms. The highest BCUT2D eigenvalue weighted by Crippen LogP contribution is 2.08. The standard InChI is InChI=1S/C5H12.C4H8N2/c1-5(2,3)4;1-6-3-2-5-4-6/h1-4H3;4H,2-3H2,1H3. The van der Waals surface area contributed by atoms with E-state index in [-0.39, 0.29) is 0 Å². The van der Waals surface area contributed by atoms with E-state index in [1.54, 1.807) is 0 Å². The molecule has 0 saturated carbocycles. The SMILES string of the molecule is CC(C)(C)C.CN1C=NCC1. The second-order valence-corrected chi connectivity index (χ2v) is 4.50. The van der Waals surface area contributed by atoms with Gasteiger partial charge in [0.25, 0.3) is 0 Å². The summed E-state index contributed by atoms with van der Waals surface area (Å²) < 4.78 is 0. The van der Waals surface area contributed by atoms with Crippen LogP contribution in [0.15, 0.2) is 4.99 Å². The highest BCUT2D eigenvalue weighted by atomic mass is 15.2. The van der Waals surface area contributed by atoms with Crippen LogP contribution in [0.3, 0.4) is 0 Å². The van der Waals surface area contributed by atoms with Crippen LogP contribution in [0.25, 0.3) is 0 Å². The summed E-state index contributed by atoms with van der Waals surface area (Å²) in [6, 6.07) is 0. The Morgan fingerprint density at radius 1 is 1.27 bits per heavy atom. The third kappa shape index (κ3) is 12.6. The van der Waals surface area contributed by atoms with Gasteiger partial charge in [-0.05, 0) is 5.41 Å². The molecule has 0 aromatic heterocycles. The number of rotatable bonds is 0. The van der Waals surface area contributed by atoms with Crippen LogP contribution in [0.5, 0.6) is 0 Å². The summed E-state index contributed by atoms with van der Waals surface area (Å²) in [5.41, 5.74) is 0.500. The zero-order chi connectivity index (χ0) is 8.91. The maximum absolute atomic E-state index is 3.97. The molecular formula is C9H20N2. The van der Waals surface area contributed by atoms with Gasteiger partial charge in [-0.15, -0.1) is 0 Å². The van der Waals surface area contributed by atoms with E-state index in [9.17, 15) is 0 Å². The number of likely N-dealkylation sites (N-methyl/N-ethyl adjacent to an activating group) is 1. The van der Waals surface area contributed by atoms with Crippen molar-refractivity contribution in [3.63, 3.8) is 0 Å². The van der Waals surface area contributed by atoms with Crippen molar-refractivity contribution in [1.29, 1.82) is 0 Å². The third-order valence-electron chi connectivity index (χ3n) is 0.861. The second-order valence-electron chi connectivity index (χ2n) is 4.50. The Hall–Kier alpha value is -0.530. The normalized spacial score (nSPS) is 16.3. The van der Waals surface area contributed by atoms with Crippen molar-refractivity contribution in [3.05, 3.63) is 0 Å². The van der Waals surface area contributed by atoms with Crippen molar-refractivity contribution in [1.82, 2.24) is 4.90 Å². The second kappa shape index (κ2) is 4.37. The zero-order valence-corrected chi connectivity index (χ0v) is 8.39. The van der Waals surface area contributed by atoms with Crippen LogP contribution >= 0.6 is 0 Å². The summed E-state index contributed by atoms with van der Waals surface area (Å²) in [6.07, 6.45) is 1.86. The average molecular weight is 156 g/mol. The molecule has 1 aliphatic rings. The molecule has 2 heteroatoms. The number of hydrogen-bond donors (Lipinski definition) is 0. The van der Waals surface area contributed by atoms with Crippen molar-refractivity contribution in [2.45, 2.75) is 27.7 Å². The Bertz CT molecular complexity index is 116. The Morgan fingerprint density at radius 2 is 1.73 bits per heavy atom. The molecule has 0 amide bonds. The van der Waals surface area contributed by atoms with Crippen LogP contribution in [-0.2, 0) is 0 Å². The molecule has 0 aromatic rings. The maximum atomic E-state index is 3.97. The largest absolute Gasteiger partial charge is 0.364 e. The van der Waals surface area contributed by atoms with E-state index in [4.69, 9.17) is 0 Å². The third-order valence-corrected chi connectivity index (χ3v) is 0.861. The zero-order valence-electron chi connectivity index (χ0n) is 8.39. The van der Waals surface area contributed by atoms with Gasteiger partial charge < -0.3 is 4.90 Å². The minimum atomic E-state index is 0.500. The first-order chi connectivity index (χ1) is 4.89. The molecule has 0 aliphatic carbocycles. The minimum absolute atomic E-state index is 0.500. The van der Waals surface area contributed by atoms with Crippen LogP contribution in [0.4, 0.5) is 0 Å². The molecule has 0 atom stereocenters. The van der Waals surface area contributed by atoms with Gasteiger partial charge in [-0.2, -0.15) is 0 Å². The molecule has 2 nitrogen and oxygen atoms in total. The first kappa shape index (κ1) is 10.5. The summed E-state index contributed by atoms with van der Waals surface area (Å²) in [6.45, 7) is 10.8. The number of nitrogens with zero attached hydrogens (tertiary/aromatic N) is 2. The summed E-state index contributed by atoms with van der Waals surface area (Å²) in [4.78, 5) is 6.03. The van der Waals surface area contributed by atoms with Crippen molar-refractivity contribution in [3.8, 4) is 0 Å². The Kier molecular flexibility index (Phi) is 4.16. The molecule has 0 unspecified atom stereocenters. The molecule has 0 fully saturated rings. The predicted octanol–water partition coefficient (Wildman–Crippen LogP) is 2.01. The smallest absolute Gasteiger partial charge is 0.0848 e. The maximum Gasteiger partial charge on any atom is 0.0848 e. The van der Waals surface area contributed by atoms with E-state index in [2.05, 4.69) is 37.6 Å². The van der Waals surface area contributed by atoms with Gasteiger partial charge in [-0.1, -0.05) is 27.7 Å². The van der Waals surface area contributed by atoms with E-state index in [1.165, 1.54) is 0 Å². The van der Waals surface area contributed by atoms with Gasteiger partial charge in [0.15, 0.2) is 0 Å². The highest BCUT2D eigenvalue weighted by molar-refractivity contribution is 5.56. The van der Waals surface area contributed by atoms with Crippen LogP contribution in [0.1, 0.15) is 27.7 Å². The Balaban J connectivity index is 0.000000187. The fourth-order valence-corrected chi connectivity index (χ4v) is 0.470. The Labute approximate surface area is 70.3 Å². The van der Waals surface area contributed by atoms with Gasteiger partial charge >= 0.3 is 0 Å². The minimum Gasteiger partial charge on any atom is -0.364 e. The van der Waals surface area contributed by atoms with Crippen LogP contribution < -0.4 is 0 Å². The quantitative estimate of drug-likeness (QED) is 0.524. The van der Waals surface area contributed by atoms with Crippen LogP contribution in [0.2, 0.25) is 0 Å². The summed E-state index contributed by atoms with van der Waals surface area (Å²) >= 11 is 0. The van der Waals surface area contributed by atoms with E-state index in [0.29, 0.717) is 5.41 Å². The molecule has 66 valence electrons. The van der Waals surface area contributed by atoms with Crippen molar-refractivity contribution in [2.24, 2.45) is 10.4 Å². The monoisotopic (exact) mass is 156 g/mol.